The van der Waals surface area contributed by atoms with Crippen molar-refractivity contribution in [3.8, 4) is 5.75 Å². The molecule has 0 bridgehead atoms. The van der Waals surface area contributed by atoms with Gasteiger partial charge in [0.1, 0.15) is 24.0 Å². The summed E-state index contributed by atoms with van der Waals surface area (Å²) in [5.74, 6) is -4.34. The van der Waals surface area contributed by atoms with Gasteiger partial charge in [-0.05, 0) is 30.3 Å². The molecule has 0 heterocycles. The fourth-order valence-electron chi connectivity index (χ4n) is 1.67. The third-order valence-electron chi connectivity index (χ3n) is 2.72. The van der Waals surface area contributed by atoms with Crippen LogP contribution in [0.5, 0.6) is 5.75 Å². The summed E-state index contributed by atoms with van der Waals surface area (Å²) in [4.78, 5) is 11.6. The molecule has 116 valence electrons. The normalized spacial score (nSPS) is 10.4. The third-order valence-corrected chi connectivity index (χ3v) is 2.72. The first-order valence-corrected chi connectivity index (χ1v) is 6.28. The summed E-state index contributed by atoms with van der Waals surface area (Å²) in [6, 6.07) is 5.53. The van der Waals surface area contributed by atoms with Crippen LogP contribution in [0.4, 0.5) is 17.6 Å². The van der Waals surface area contributed by atoms with Gasteiger partial charge in [-0.3, -0.25) is 4.79 Å². The van der Waals surface area contributed by atoms with Crippen LogP contribution in [0.15, 0.2) is 36.4 Å². The second-order valence-electron chi connectivity index (χ2n) is 4.30. The zero-order chi connectivity index (χ0) is 16.1. The first kappa shape index (κ1) is 15.8. The SMILES string of the molecule is O=C(NCCOc1ccc(F)c(F)c1)c1cc(F)ccc1F. The molecule has 0 spiro atoms. The Kier molecular flexibility index (Phi) is 4.98. The number of rotatable bonds is 5. The maximum atomic E-state index is 13.3. The van der Waals surface area contributed by atoms with Gasteiger partial charge in [0, 0.05) is 6.07 Å². The van der Waals surface area contributed by atoms with Crippen molar-refractivity contribution in [2.24, 2.45) is 0 Å². The number of carbonyl (C=O) groups excluding carboxylic acids is 1. The van der Waals surface area contributed by atoms with Crippen molar-refractivity contribution in [2.45, 2.75) is 0 Å². The summed E-state index contributed by atoms with van der Waals surface area (Å²) < 4.78 is 57.0. The molecule has 7 heteroatoms. The van der Waals surface area contributed by atoms with Crippen LogP contribution in [0.25, 0.3) is 0 Å². The molecule has 0 aliphatic carbocycles. The lowest BCUT2D eigenvalue weighted by atomic mass is 10.2. The summed E-state index contributed by atoms with van der Waals surface area (Å²) in [6.07, 6.45) is 0. The van der Waals surface area contributed by atoms with E-state index in [9.17, 15) is 22.4 Å². The lowest BCUT2D eigenvalue weighted by Crippen LogP contribution is -2.28. The van der Waals surface area contributed by atoms with Crippen molar-refractivity contribution in [3.05, 3.63) is 65.2 Å². The first-order chi connectivity index (χ1) is 10.5. The van der Waals surface area contributed by atoms with E-state index in [2.05, 4.69) is 5.32 Å². The largest absolute Gasteiger partial charge is 0.492 e. The van der Waals surface area contributed by atoms with Gasteiger partial charge in [0.2, 0.25) is 0 Å². The van der Waals surface area contributed by atoms with Crippen LogP contribution in [0.3, 0.4) is 0 Å². The number of benzene rings is 2. The zero-order valence-electron chi connectivity index (χ0n) is 11.2. The standard InChI is InChI=1S/C15H11F4NO2/c16-9-1-3-12(17)11(7-9)15(21)20-5-6-22-10-2-4-13(18)14(19)8-10/h1-4,7-8H,5-6H2,(H,20,21). The number of ether oxygens (including phenoxy) is 1. The number of nitrogens with one attached hydrogen (secondary N) is 1. The van der Waals surface area contributed by atoms with Gasteiger partial charge in [0.15, 0.2) is 11.6 Å². The number of hydrogen-bond acceptors (Lipinski definition) is 2. The van der Waals surface area contributed by atoms with Gasteiger partial charge in [-0.15, -0.1) is 0 Å². The highest BCUT2D eigenvalue weighted by atomic mass is 19.2. The molecular weight excluding hydrogens is 302 g/mol. The smallest absolute Gasteiger partial charge is 0.254 e. The van der Waals surface area contributed by atoms with Crippen molar-refractivity contribution in [1.82, 2.24) is 5.32 Å². The van der Waals surface area contributed by atoms with E-state index in [1.165, 1.54) is 6.07 Å². The van der Waals surface area contributed by atoms with Crippen LogP contribution in [0.2, 0.25) is 0 Å². The van der Waals surface area contributed by atoms with E-state index in [0.29, 0.717) is 0 Å². The topological polar surface area (TPSA) is 38.3 Å². The van der Waals surface area contributed by atoms with Gasteiger partial charge in [-0.2, -0.15) is 0 Å². The quantitative estimate of drug-likeness (QED) is 0.680. The van der Waals surface area contributed by atoms with Gasteiger partial charge in [-0.25, -0.2) is 17.6 Å². The molecule has 0 saturated heterocycles. The van der Waals surface area contributed by atoms with Crippen LogP contribution in [-0.4, -0.2) is 19.1 Å². The molecule has 3 nitrogen and oxygen atoms in total. The molecule has 0 unspecified atom stereocenters. The van der Waals surface area contributed by atoms with E-state index in [1.807, 2.05) is 0 Å². The Morgan fingerprint density at radius 2 is 1.68 bits per heavy atom. The number of carbonyl (C=O) groups is 1. The van der Waals surface area contributed by atoms with Crippen molar-refractivity contribution in [1.29, 1.82) is 0 Å². The predicted molar refractivity (Wildman–Crippen MR) is 70.5 cm³/mol. The first-order valence-electron chi connectivity index (χ1n) is 6.28. The minimum absolute atomic E-state index is 0.0201. The lowest BCUT2D eigenvalue weighted by molar-refractivity contribution is 0.0942. The molecular formula is C15H11F4NO2. The van der Waals surface area contributed by atoms with E-state index in [4.69, 9.17) is 4.74 Å². The van der Waals surface area contributed by atoms with Crippen LogP contribution in [0.1, 0.15) is 10.4 Å². The van der Waals surface area contributed by atoms with Crippen molar-refractivity contribution in [3.63, 3.8) is 0 Å². The van der Waals surface area contributed by atoms with E-state index in [-0.39, 0.29) is 18.9 Å². The van der Waals surface area contributed by atoms with Gasteiger partial charge < -0.3 is 10.1 Å². The van der Waals surface area contributed by atoms with Gasteiger partial charge >= 0.3 is 0 Å². The number of halogens is 4. The second-order valence-corrected chi connectivity index (χ2v) is 4.30. The molecule has 0 aliphatic heterocycles. The molecule has 22 heavy (non-hydrogen) atoms. The Labute approximate surface area is 123 Å². The molecule has 1 N–H and O–H groups in total. The van der Waals surface area contributed by atoms with E-state index < -0.39 is 34.7 Å². The van der Waals surface area contributed by atoms with Gasteiger partial charge in [0.05, 0.1) is 12.1 Å². The van der Waals surface area contributed by atoms with Crippen LogP contribution < -0.4 is 10.1 Å². The lowest BCUT2D eigenvalue weighted by Gasteiger charge is -2.08. The fraction of sp³-hybridized carbons (Fsp3) is 0.133. The number of amides is 1. The highest BCUT2D eigenvalue weighted by molar-refractivity contribution is 5.94. The Hall–Kier alpha value is -2.57. The predicted octanol–water partition coefficient (Wildman–Crippen LogP) is 3.05. The molecule has 2 aromatic rings. The monoisotopic (exact) mass is 313 g/mol. The van der Waals surface area contributed by atoms with E-state index >= 15 is 0 Å². The fourth-order valence-corrected chi connectivity index (χ4v) is 1.67. The molecule has 1 amide bonds. The Morgan fingerprint density at radius 1 is 0.955 bits per heavy atom. The van der Waals surface area contributed by atoms with Gasteiger partial charge in [-0.1, -0.05) is 0 Å². The Bertz CT molecular complexity index is 691. The summed E-state index contributed by atoms with van der Waals surface area (Å²) in [7, 11) is 0. The molecule has 0 saturated carbocycles. The molecule has 0 atom stereocenters. The van der Waals surface area contributed by atoms with Crippen molar-refractivity contribution >= 4 is 5.91 Å². The minimum Gasteiger partial charge on any atom is -0.492 e. The Balaban J connectivity index is 1.84. The summed E-state index contributed by atoms with van der Waals surface area (Å²) in [5.41, 5.74) is -0.423. The molecule has 0 radical (unpaired) electrons. The second kappa shape index (κ2) is 6.93. The third kappa shape index (κ3) is 3.97. The van der Waals surface area contributed by atoms with Crippen molar-refractivity contribution in [2.75, 3.05) is 13.2 Å². The van der Waals surface area contributed by atoms with Gasteiger partial charge in [0.25, 0.3) is 5.91 Å². The highest BCUT2D eigenvalue weighted by Crippen LogP contribution is 2.15. The van der Waals surface area contributed by atoms with Crippen LogP contribution in [0, 0.1) is 23.3 Å². The molecule has 0 aromatic heterocycles. The average Bonchev–Trinajstić information content (AvgIpc) is 2.49. The summed E-state index contributed by atoms with van der Waals surface area (Å²) >= 11 is 0. The zero-order valence-corrected chi connectivity index (χ0v) is 11.2. The van der Waals surface area contributed by atoms with Crippen molar-refractivity contribution < 1.29 is 27.1 Å². The maximum absolute atomic E-state index is 13.3. The molecule has 0 fully saturated rings. The average molecular weight is 313 g/mol. The summed E-state index contributed by atoms with van der Waals surface area (Å²) in [5, 5.41) is 2.32. The van der Waals surface area contributed by atoms with Crippen LogP contribution in [-0.2, 0) is 0 Å². The van der Waals surface area contributed by atoms with E-state index in [0.717, 1.165) is 30.3 Å². The maximum Gasteiger partial charge on any atom is 0.254 e. The molecule has 2 rings (SSSR count). The molecule has 2 aromatic carbocycles. The molecule has 0 aliphatic rings. The van der Waals surface area contributed by atoms with E-state index in [1.54, 1.807) is 0 Å². The highest BCUT2D eigenvalue weighted by Gasteiger charge is 2.12. The van der Waals surface area contributed by atoms with Crippen LogP contribution >= 0.6 is 0 Å². The summed E-state index contributed by atoms with van der Waals surface area (Å²) in [6.45, 7) is -0.0679. The Morgan fingerprint density at radius 3 is 2.41 bits per heavy atom. The number of hydrogen-bond donors (Lipinski definition) is 1. The minimum atomic E-state index is -1.05.